The Bertz CT molecular complexity index is 916. The molecule has 0 bridgehead atoms. The Kier molecular flexibility index (Phi) is 7.60. The van der Waals surface area contributed by atoms with Crippen LogP contribution >= 0.6 is 0 Å². The lowest BCUT2D eigenvalue weighted by molar-refractivity contribution is -0.605. The molecule has 0 spiro atoms. The number of benzene rings is 2. The maximum atomic E-state index is 12.0. The minimum absolute atomic E-state index is 0.262. The molecule has 1 amide bonds. The lowest BCUT2D eigenvalue weighted by Gasteiger charge is -2.10. The Morgan fingerprint density at radius 1 is 0.966 bits per heavy atom. The predicted molar refractivity (Wildman–Crippen MR) is 111 cm³/mol. The summed E-state index contributed by atoms with van der Waals surface area (Å²) >= 11 is 0. The van der Waals surface area contributed by atoms with E-state index in [1.807, 2.05) is 36.4 Å². The van der Waals surface area contributed by atoms with E-state index in [0.29, 0.717) is 29.9 Å². The van der Waals surface area contributed by atoms with Crippen molar-refractivity contribution in [3.63, 3.8) is 0 Å². The zero-order valence-corrected chi connectivity index (χ0v) is 16.2. The Balaban J connectivity index is 1.35. The molecule has 0 aliphatic rings. The number of amides is 1. The zero-order valence-electron chi connectivity index (χ0n) is 16.2. The monoisotopic (exact) mass is 391 g/mol. The number of carbonyl (C=O) groups excluding carboxylic acids is 1. The average Bonchev–Trinajstić information content (AvgIpc) is 2.74. The lowest BCUT2D eigenvalue weighted by atomic mass is 10.2. The van der Waals surface area contributed by atoms with Gasteiger partial charge in [0.1, 0.15) is 11.3 Å². The van der Waals surface area contributed by atoms with E-state index in [0.717, 1.165) is 24.4 Å². The topological polar surface area (TPSA) is 77.3 Å². The van der Waals surface area contributed by atoms with Gasteiger partial charge in [0.15, 0.2) is 12.4 Å². The van der Waals surface area contributed by atoms with E-state index < -0.39 is 0 Å². The number of pyridine rings is 1. The average molecular weight is 391 g/mol. The van der Waals surface area contributed by atoms with E-state index in [1.165, 1.54) is 18.0 Å². The van der Waals surface area contributed by atoms with Crippen LogP contribution < -0.4 is 20.1 Å². The number of rotatable bonds is 10. The summed E-state index contributed by atoms with van der Waals surface area (Å²) in [6.45, 7) is 2.56. The van der Waals surface area contributed by atoms with Crippen molar-refractivity contribution in [2.45, 2.75) is 19.5 Å². The third kappa shape index (κ3) is 6.93. The van der Waals surface area contributed by atoms with Gasteiger partial charge in [-0.05, 0) is 35.7 Å². The first kappa shape index (κ1) is 20.4. The van der Waals surface area contributed by atoms with E-state index in [-0.39, 0.29) is 5.91 Å². The minimum atomic E-state index is -0.262. The normalized spacial score (nSPS) is 10.5. The molecule has 3 rings (SSSR count). The third-order valence-electron chi connectivity index (χ3n) is 4.31. The minimum Gasteiger partial charge on any atom is -0.619 e. The summed E-state index contributed by atoms with van der Waals surface area (Å²) < 4.78 is 6.40. The Morgan fingerprint density at radius 3 is 2.59 bits per heavy atom. The van der Waals surface area contributed by atoms with Gasteiger partial charge in [0.05, 0.1) is 6.61 Å². The zero-order chi connectivity index (χ0) is 20.3. The first-order chi connectivity index (χ1) is 14.2. The maximum Gasteiger partial charge on any atom is 0.257 e. The van der Waals surface area contributed by atoms with Crippen molar-refractivity contribution in [1.82, 2.24) is 10.6 Å². The van der Waals surface area contributed by atoms with Crippen LogP contribution in [0.2, 0.25) is 0 Å². The standard InChI is InChI=1S/C23H25N3O3/c27-23(21-10-5-13-26(28)18-21)25-12-6-14-29-22-11-4-9-20(15-22)17-24-16-19-7-2-1-3-8-19/h1-5,7-11,13,15,18,24H,6,12,14,16-17H2,(H,25,27). The SMILES string of the molecule is O=C(NCCCOc1cccc(CNCc2ccccc2)c1)c1ccc[n+]([O-])c1. The summed E-state index contributed by atoms with van der Waals surface area (Å²) in [6.07, 6.45) is 3.27. The highest BCUT2D eigenvalue weighted by atomic mass is 16.5. The number of aromatic nitrogens is 1. The molecular weight excluding hydrogens is 366 g/mol. The van der Waals surface area contributed by atoms with Crippen LogP contribution in [-0.2, 0) is 13.1 Å². The summed E-state index contributed by atoms with van der Waals surface area (Å²) in [5, 5.41) is 17.4. The molecule has 29 heavy (non-hydrogen) atoms. The first-order valence-electron chi connectivity index (χ1n) is 9.64. The Labute approximate surface area is 170 Å². The molecule has 6 nitrogen and oxygen atoms in total. The number of hydrogen-bond donors (Lipinski definition) is 2. The molecule has 0 atom stereocenters. The fourth-order valence-corrected chi connectivity index (χ4v) is 2.85. The summed E-state index contributed by atoms with van der Waals surface area (Å²) in [5.41, 5.74) is 2.75. The van der Waals surface area contributed by atoms with Gasteiger partial charge in [-0.2, -0.15) is 4.73 Å². The first-order valence-corrected chi connectivity index (χ1v) is 9.64. The molecule has 0 saturated carbocycles. The molecule has 2 N–H and O–H groups in total. The largest absolute Gasteiger partial charge is 0.619 e. The molecule has 0 unspecified atom stereocenters. The molecule has 0 saturated heterocycles. The fourth-order valence-electron chi connectivity index (χ4n) is 2.85. The lowest BCUT2D eigenvalue weighted by Crippen LogP contribution is -2.30. The number of hydrogen-bond acceptors (Lipinski definition) is 4. The second-order valence-corrected chi connectivity index (χ2v) is 6.65. The molecule has 3 aromatic rings. The molecular formula is C23H25N3O3. The number of nitrogens with one attached hydrogen (secondary N) is 2. The van der Waals surface area contributed by atoms with Crippen molar-refractivity contribution in [2.75, 3.05) is 13.2 Å². The van der Waals surface area contributed by atoms with Crippen LogP contribution in [0.5, 0.6) is 5.75 Å². The highest BCUT2D eigenvalue weighted by Gasteiger charge is 2.07. The molecule has 150 valence electrons. The van der Waals surface area contributed by atoms with Gasteiger partial charge < -0.3 is 20.6 Å². The van der Waals surface area contributed by atoms with Crippen molar-refractivity contribution in [3.05, 3.63) is 101 Å². The van der Waals surface area contributed by atoms with Crippen LogP contribution in [0.1, 0.15) is 27.9 Å². The highest BCUT2D eigenvalue weighted by molar-refractivity contribution is 5.93. The Hall–Kier alpha value is -3.38. The second-order valence-electron chi connectivity index (χ2n) is 6.65. The maximum absolute atomic E-state index is 12.0. The van der Waals surface area contributed by atoms with Crippen LogP contribution in [0.4, 0.5) is 0 Å². The summed E-state index contributed by atoms with van der Waals surface area (Å²) in [6, 6.07) is 21.4. The molecule has 0 aliphatic heterocycles. The number of carbonyl (C=O) groups is 1. The molecule has 0 fully saturated rings. The van der Waals surface area contributed by atoms with Gasteiger partial charge >= 0.3 is 0 Å². The fraction of sp³-hybridized carbons (Fsp3) is 0.217. The second kappa shape index (κ2) is 10.8. The van der Waals surface area contributed by atoms with E-state index in [2.05, 4.69) is 28.8 Å². The molecule has 0 aliphatic carbocycles. The van der Waals surface area contributed by atoms with Gasteiger partial charge in [0.2, 0.25) is 0 Å². The van der Waals surface area contributed by atoms with Gasteiger partial charge in [0, 0.05) is 25.7 Å². The van der Waals surface area contributed by atoms with Crippen LogP contribution in [-0.4, -0.2) is 19.1 Å². The van der Waals surface area contributed by atoms with Gasteiger partial charge in [-0.25, -0.2) is 0 Å². The van der Waals surface area contributed by atoms with Crippen molar-refractivity contribution in [2.24, 2.45) is 0 Å². The van der Waals surface area contributed by atoms with Crippen molar-refractivity contribution in [3.8, 4) is 5.75 Å². The smallest absolute Gasteiger partial charge is 0.257 e. The van der Waals surface area contributed by atoms with E-state index in [9.17, 15) is 10.0 Å². The van der Waals surface area contributed by atoms with E-state index >= 15 is 0 Å². The summed E-state index contributed by atoms with van der Waals surface area (Å²) in [7, 11) is 0. The summed E-state index contributed by atoms with van der Waals surface area (Å²) in [4.78, 5) is 12.0. The van der Waals surface area contributed by atoms with Gasteiger partial charge in [-0.15, -0.1) is 0 Å². The highest BCUT2D eigenvalue weighted by Crippen LogP contribution is 2.13. The third-order valence-corrected chi connectivity index (χ3v) is 4.31. The van der Waals surface area contributed by atoms with Crippen LogP contribution in [0.15, 0.2) is 79.1 Å². The van der Waals surface area contributed by atoms with E-state index in [4.69, 9.17) is 4.74 Å². The van der Waals surface area contributed by atoms with Gasteiger partial charge in [-0.3, -0.25) is 4.79 Å². The van der Waals surface area contributed by atoms with Crippen LogP contribution in [0, 0.1) is 5.21 Å². The van der Waals surface area contributed by atoms with Gasteiger partial charge in [0.25, 0.3) is 5.91 Å². The van der Waals surface area contributed by atoms with Crippen molar-refractivity contribution in [1.29, 1.82) is 0 Å². The molecule has 0 radical (unpaired) electrons. The molecule has 6 heteroatoms. The molecule has 2 aromatic carbocycles. The van der Waals surface area contributed by atoms with Gasteiger partial charge in [-0.1, -0.05) is 42.5 Å². The number of nitrogens with zero attached hydrogens (tertiary/aromatic N) is 1. The van der Waals surface area contributed by atoms with E-state index in [1.54, 1.807) is 12.1 Å². The molecule has 1 aromatic heterocycles. The predicted octanol–water partition coefficient (Wildman–Crippen LogP) is 2.81. The van der Waals surface area contributed by atoms with Crippen LogP contribution in [0.3, 0.4) is 0 Å². The van der Waals surface area contributed by atoms with Crippen LogP contribution in [0.25, 0.3) is 0 Å². The summed E-state index contributed by atoms with van der Waals surface area (Å²) in [5.74, 6) is 0.549. The Morgan fingerprint density at radius 2 is 1.76 bits per heavy atom. The van der Waals surface area contributed by atoms with Crippen molar-refractivity contribution < 1.29 is 14.3 Å². The molecule has 1 heterocycles. The van der Waals surface area contributed by atoms with Crippen molar-refractivity contribution >= 4 is 5.91 Å². The quantitative estimate of drug-likeness (QED) is 0.317. The number of ether oxygens (including phenoxy) is 1.